The summed E-state index contributed by atoms with van der Waals surface area (Å²) in [7, 11) is 0. The normalized spacial score (nSPS) is 19.1. The van der Waals surface area contributed by atoms with Crippen molar-refractivity contribution in [2.45, 2.75) is 46.0 Å². The zero-order chi connectivity index (χ0) is 20.3. The van der Waals surface area contributed by atoms with Gasteiger partial charge in [0, 0.05) is 30.8 Å². The predicted octanol–water partition coefficient (Wildman–Crippen LogP) is 3.00. The predicted molar refractivity (Wildman–Crippen MR) is 107 cm³/mol. The molecule has 1 heterocycles. The number of carbonyl (C=O) groups is 3. The summed E-state index contributed by atoms with van der Waals surface area (Å²) in [5.41, 5.74) is 4.69. The minimum Gasteiger partial charge on any atom is -0.356 e. The van der Waals surface area contributed by atoms with Gasteiger partial charge in [-0.3, -0.25) is 19.4 Å². The lowest BCUT2D eigenvalue weighted by atomic mass is 9.86. The number of nitrogens with zero attached hydrogens (tertiary/aromatic N) is 1. The van der Waals surface area contributed by atoms with Gasteiger partial charge in [-0.05, 0) is 56.0 Å². The second-order valence-corrected chi connectivity index (χ2v) is 7.65. The third-order valence-electron chi connectivity index (χ3n) is 5.37. The highest BCUT2D eigenvalue weighted by Gasteiger charge is 2.42. The van der Waals surface area contributed by atoms with Crippen LogP contribution in [0.4, 0.5) is 0 Å². The van der Waals surface area contributed by atoms with Crippen LogP contribution in [-0.2, 0) is 20.8 Å². The highest BCUT2D eigenvalue weighted by molar-refractivity contribution is 6.15. The van der Waals surface area contributed by atoms with E-state index in [1.165, 1.54) is 0 Å². The summed E-state index contributed by atoms with van der Waals surface area (Å²) in [5.74, 6) is -1.14. The molecule has 1 amide bonds. The number of Topliss-reactive ketones (excluding diaryl/α,β-unsaturated/α-hetero) is 2. The van der Waals surface area contributed by atoms with Gasteiger partial charge in [0.2, 0.25) is 5.91 Å². The van der Waals surface area contributed by atoms with Crippen molar-refractivity contribution in [3.05, 3.63) is 64.5 Å². The number of nitrogens with one attached hydrogen (secondary N) is 1. The molecule has 2 aromatic rings. The van der Waals surface area contributed by atoms with E-state index >= 15 is 0 Å². The first-order chi connectivity index (χ1) is 13.4. The summed E-state index contributed by atoms with van der Waals surface area (Å²) in [6, 6.07) is 9.49. The Morgan fingerprint density at radius 2 is 1.86 bits per heavy atom. The van der Waals surface area contributed by atoms with Gasteiger partial charge in [0.05, 0.1) is 6.42 Å². The fraction of sp³-hybridized carbons (Fsp3) is 0.391. The fourth-order valence-electron chi connectivity index (χ4n) is 4.17. The Labute approximate surface area is 165 Å². The van der Waals surface area contributed by atoms with Crippen LogP contribution in [0.25, 0.3) is 0 Å². The fourth-order valence-corrected chi connectivity index (χ4v) is 4.17. The van der Waals surface area contributed by atoms with E-state index in [1.54, 1.807) is 18.3 Å². The number of aromatic nitrogens is 1. The van der Waals surface area contributed by atoms with E-state index in [0.717, 1.165) is 22.3 Å². The summed E-state index contributed by atoms with van der Waals surface area (Å²) in [4.78, 5) is 41.7. The molecule has 28 heavy (non-hydrogen) atoms. The molecule has 5 heteroatoms. The minimum absolute atomic E-state index is 0.00938. The second kappa shape index (κ2) is 8.46. The van der Waals surface area contributed by atoms with Crippen LogP contribution in [0.15, 0.2) is 36.5 Å². The van der Waals surface area contributed by atoms with E-state index in [4.69, 9.17) is 0 Å². The number of ketones is 2. The van der Waals surface area contributed by atoms with Crippen molar-refractivity contribution >= 4 is 17.5 Å². The molecule has 1 aliphatic rings. The van der Waals surface area contributed by atoms with E-state index in [2.05, 4.69) is 10.3 Å². The summed E-state index contributed by atoms with van der Waals surface area (Å²) >= 11 is 0. The first-order valence-corrected chi connectivity index (χ1v) is 9.67. The molecule has 1 aliphatic carbocycles. The summed E-state index contributed by atoms with van der Waals surface area (Å²) < 4.78 is 0. The Balaban J connectivity index is 1.59. The molecule has 0 bridgehead atoms. The Morgan fingerprint density at radius 3 is 2.50 bits per heavy atom. The number of benzene rings is 1. The third-order valence-corrected chi connectivity index (χ3v) is 5.37. The number of pyridine rings is 1. The largest absolute Gasteiger partial charge is 0.356 e. The van der Waals surface area contributed by atoms with Crippen LogP contribution in [0.3, 0.4) is 0 Å². The zero-order valence-electron chi connectivity index (χ0n) is 16.6. The molecule has 2 unspecified atom stereocenters. The van der Waals surface area contributed by atoms with E-state index < -0.39 is 5.92 Å². The van der Waals surface area contributed by atoms with E-state index in [9.17, 15) is 14.4 Å². The maximum absolute atomic E-state index is 12.9. The van der Waals surface area contributed by atoms with Crippen molar-refractivity contribution < 1.29 is 14.4 Å². The smallest absolute Gasteiger partial charge is 0.226 e. The molecule has 0 radical (unpaired) electrons. The summed E-state index contributed by atoms with van der Waals surface area (Å²) in [5, 5.41) is 2.84. The second-order valence-electron chi connectivity index (χ2n) is 7.65. The van der Waals surface area contributed by atoms with Gasteiger partial charge in [-0.2, -0.15) is 0 Å². The van der Waals surface area contributed by atoms with Gasteiger partial charge in [-0.15, -0.1) is 0 Å². The average molecular weight is 378 g/mol. The zero-order valence-corrected chi connectivity index (χ0v) is 16.6. The van der Waals surface area contributed by atoms with Crippen molar-refractivity contribution in [2.24, 2.45) is 5.92 Å². The molecular formula is C23H26N2O3. The molecule has 5 nitrogen and oxygen atoms in total. The van der Waals surface area contributed by atoms with Crippen LogP contribution in [0, 0.1) is 26.7 Å². The van der Waals surface area contributed by atoms with Gasteiger partial charge in [0.25, 0.3) is 0 Å². The Bertz CT molecular complexity index is 882. The van der Waals surface area contributed by atoms with Gasteiger partial charge < -0.3 is 5.32 Å². The summed E-state index contributed by atoms with van der Waals surface area (Å²) in [6.07, 6.45) is 2.61. The third kappa shape index (κ3) is 4.35. The lowest BCUT2D eigenvalue weighted by Crippen LogP contribution is -2.28. The van der Waals surface area contributed by atoms with E-state index in [0.29, 0.717) is 18.7 Å². The standard InChI is InChI=1S/C23H26N2O3/c1-14-10-15(2)21(16(3)11-14)22-19(26)12-17(23(22)28)7-9-25-20(27)13-18-6-4-5-8-24-18/h4-6,8,10-11,17,22H,7,9,12-13H2,1-3H3,(H,25,27). The van der Waals surface area contributed by atoms with Crippen LogP contribution in [0.1, 0.15) is 46.7 Å². The molecule has 0 saturated heterocycles. The SMILES string of the molecule is Cc1cc(C)c(C2C(=O)CC(CCNC(=O)Cc3ccccn3)C2=O)c(C)c1. The van der Waals surface area contributed by atoms with Crippen LogP contribution in [0.2, 0.25) is 0 Å². The molecule has 0 aliphatic heterocycles. The van der Waals surface area contributed by atoms with Gasteiger partial charge in [0.1, 0.15) is 11.7 Å². The molecule has 1 fully saturated rings. The van der Waals surface area contributed by atoms with Crippen molar-refractivity contribution in [3.8, 4) is 0 Å². The van der Waals surface area contributed by atoms with Crippen molar-refractivity contribution in [2.75, 3.05) is 6.54 Å². The number of hydrogen-bond donors (Lipinski definition) is 1. The van der Waals surface area contributed by atoms with Gasteiger partial charge in [-0.25, -0.2) is 0 Å². The molecule has 2 atom stereocenters. The van der Waals surface area contributed by atoms with E-state index in [-0.39, 0.29) is 36.2 Å². The number of amides is 1. The number of aryl methyl sites for hydroxylation is 3. The number of rotatable bonds is 6. The van der Waals surface area contributed by atoms with Crippen LogP contribution >= 0.6 is 0 Å². The van der Waals surface area contributed by atoms with Crippen molar-refractivity contribution in [3.63, 3.8) is 0 Å². The average Bonchev–Trinajstić information content (AvgIpc) is 2.90. The van der Waals surface area contributed by atoms with Gasteiger partial charge in [0.15, 0.2) is 5.78 Å². The topological polar surface area (TPSA) is 76.1 Å². The van der Waals surface area contributed by atoms with Gasteiger partial charge >= 0.3 is 0 Å². The molecule has 1 aromatic heterocycles. The Kier molecular flexibility index (Phi) is 6.02. The molecule has 1 N–H and O–H groups in total. The highest BCUT2D eigenvalue weighted by atomic mass is 16.2. The lowest BCUT2D eigenvalue weighted by molar-refractivity contribution is -0.125. The Morgan fingerprint density at radius 1 is 1.14 bits per heavy atom. The molecule has 146 valence electrons. The maximum Gasteiger partial charge on any atom is 0.226 e. The Hall–Kier alpha value is -2.82. The molecule has 1 saturated carbocycles. The quantitative estimate of drug-likeness (QED) is 0.784. The van der Waals surface area contributed by atoms with Crippen molar-refractivity contribution in [1.82, 2.24) is 10.3 Å². The number of carbonyl (C=O) groups excluding carboxylic acids is 3. The molecular weight excluding hydrogens is 352 g/mol. The summed E-state index contributed by atoms with van der Waals surface area (Å²) in [6.45, 7) is 6.31. The van der Waals surface area contributed by atoms with Crippen LogP contribution < -0.4 is 5.32 Å². The van der Waals surface area contributed by atoms with E-state index in [1.807, 2.05) is 39.0 Å². The number of hydrogen-bond acceptors (Lipinski definition) is 4. The van der Waals surface area contributed by atoms with Crippen LogP contribution in [0.5, 0.6) is 0 Å². The molecule has 0 spiro atoms. The minimum atomic E-state index is -0.658. The monoisotopic (exact) mass is 378 g/mol. The molecule has 1 aromatic carbocycles. The molecule has 3 rings (SSSR count). The first-order valence-electron chi connectivity index (χ1n) is 9.67. The first kappa shape index (κ1) is 19.9. The van der Waals surface area contributed by atoms with Crippen molar-refractivity contribution in [1.29, 1.82) is 0 Å². The maximum atomic E-state index is 12.9. The van der Waals surface area contributed by atoms with Crippen LogP contribution in [-0.4, -0.2) is 29.0 Å². The lowest BCUT2D eigenvalue weighted by Gasteiger charge is -2.16. The van der Waals surface area contributed by atoms with Gasteiger partial charge in [-0.1, -0.05) is 23.8 Å². The highest BCUT2D eigenvalue weighted by Crippen LogP contribution is 2.37.